The van der Waals surface area contributed by atoms with E-state index in [1.54, 1.807) is 25.3 Å². The molecule has 0 heterocycles. The van der Waals surface area contributed by atoms with Gasteiger partial charge in [-0.2, -0.15) is 0 Å². The fourth-order valence-corrected chi connectivity index (χ4v) is 2.67. The Kier molecular flexibility index (Phi) is 7.30. The maximum atomic E-state index is 12.6. The molecule has 0 radical (unpaired) electrons. The van der Waals surface area contributed by atoms with Crippen molar-refractivity contribution in [2.75, 3.05) is 26.1 Å². The van der Waals surface area contributed by atoms with Crippen LogP contribution in [0, 0.1) is 0 Å². The van der Waals surface area contributed by atoms with Gasteiger partial charge in [0.25, 0.3) is 0 Å². The number of benzene rings is 2. The lowest BCUT2D eigenvalue weighted by Crippen LogP contribution is -2.39. The standard InChI is InChI=1S/C20H25ClN2O3/c1-5-26-17-9-6-15(7-10-17)13-23(3)14(2)20(24)22-18-12-16(21)8-11-19(18)25-4/h6-12,14H,5,13H2,1-4H3,(H,22,24). The van der Waals surface area contributed by atoms with Crippen LogP contribution in [0.5, 0.6) is 11.5 Å². The zero-order chi connectivity index (χ0) is 19.1. The van der Waals surface area contributed by atoms with E-state index in [9.17, 15) is 4.79 Å². The SMILES string of the molecule is CCOc1ccc(CN(C)C(C)C(=O)Nc2cc(Cl)ccc2OC)cc1. The molecule has 0 aliphatic heterocycles. The van der Waals surface area contributed by atoms with E-state index < -0.39 is 0 Å². The number of rotatable bonds is 8. The van der Waals surface area contributed by atoms with Gasteiger partial charge in [-0.05, 0) is 56.8 Å². The number of carbonyl (C=O) groups excluding carboxylic acids is 1. The maximum absolute atomic E-state index is 12.6. The van der Waals surface area contributed by atoms with Gasteiger partial charge in [-0.25, -0.2) is 0 Å². The van der Waals surface area contributed by atoms with Gasteiger partial charge >= 0.3 is 0 Å². The van der Waals surface area contributed by atoms with Crippen LogP contribution in [0.2, 0.25) is 5.02 Å². The van der Waals surface area contributed by atoms with Crippen LogP contribution < -0.4 is 14.8 Å². The van der Waals surface area contributed by atoms with Gasteiger partial charge in [-0.3, -0.25) is 9.69 Å². The number of nitrogens with one attached hydrogen (secondary N) is 1. The lowest BCUT2D eigenvalue weighted by Gasteiger charge is -2.24. The molecule has 0 bridgehead atoms. The highest BCUT2D eigenvalue weighted by atomic mass is 35.5. The minimum atomic E-state index is -0.328. The highest BCUT2D eigenvalue weighted by Crippen LogP contribution is 2.28. The van der Waals surface area contributed by atoms with Crippen LogP contribution in [0.15, 0.2) is 42.5 Å². The number of nitrogens with zero attached hydrogens (tertiary/aromatic N) is 1. The smallest absolute Gasteiger partial charge is 0.241 e. The van der Waals surface area contributed by atoms with Crippen LogP contribution in [0.4, 0.5) is 5.69 Å². The van der Waals surface area contributed by atoms with E-state index in [2.05, 4.69) is 5.32 Å². The maximum Gasteiger partial charge on any atom is 0.241 e. The van der Waals surface area contributed by atoms with Crippen molar-refractivity contribution in [2.45, 2.75) is 26.4 Å². The molecule has 0 aliphatic rings. The van der Waals surface area contributed by atoms with Crippen LogP contribution in [-0.4, -0.2) is 37.6 Å². The molecule has 5 nitrogen and oxygen atoms in total. The van der Waals surface area contributed by atoms with Crippen molar-refractivity contribution in [1.29, 1.82) is 0 Å². The Morgan fingerprint density at radius 2 is 1.92 bits per heavy atom. The molecule has 1 atom stereocenters. The largest absolute Gasteiger partial charge is 0.495 e. The fourth-order valence-electron chi connectivity index (χ4n) is 2.50. The van der Waals surface area contributed by atoms with Crippen LogP contribution in [0.1, 0.15) is 19.4 Å². The number of halogens is 1. The summed E-state index contributed by atoms with van der Waals surface area (Å²) in [6.07, 6.45) is 0. The number of likely N-dealkylation sites (N-methyl/N-ethyl adjacent to an activating group) is 1. The number of carbonyl (C=O) groups is 1. The van der Waals surface area contributed by atoms with Crippen molar-refractivity contribution in [3.63, 3.8) is 0 Å². The molecule has 0 saturated heterocycles. The van der Waals surface area contributed by atoms with Gasteiger partial charge < -0.3 is 14.8 Å². The number of methoxy groups -OCH3 is 1. The average molecular weight is 377 g/mol. The molecule has 1 amide bonds. The van der Waals surface area contributed by atoms with Gasteiger partial charge in [-0.15, -0.1) is 0 Å². The van der Waals surface area contributed by atoms with Gasteiger partial charge in [0.05, 0.1) is 25.4 Å². The summed E-state index contributed by atoms with van der Waals surface area (Å²) in [5.74, 6) is 1.29. The van der Waals surface area contributed by atoms with E-state index >= 15 is 0 Å². The summed E-state index contributed by atoms with van der Waals surface area (Å²) >= 11 is 6.01. The van der Waals surface area contributed by atoms with Crippen molar-refractivity contribution in [3.05, 3.63) is 53.1 Å². The molecule has 6 heteroatoms. The van der Waals surface area contributed by atoms with E-state index in [1.807, 2.05) is 50.1 Å². The summed E-state index contributed by atoms with van der Waals surface area (Å²) in [5, 5.41) is 3.42. The minimum Gasteiger partial charge on any atom is -0.495 e. The number of amides is 1. The second-order valence-corrected chi connectivity index (χ2v) is 6.44. The topological polar surface area (TPSA) is 50.8 Å². The van der Waals surface area contributed by atoms with Gasteiger partial charge in [0, 0.05) is 11.6 Å². The average Bonchev–Trinajstić information content (AvgIpc) is 2.63. The quantitative estimate of drug-likeness (QED) is 0.749. The summed E-state index contributed by atoms with van der Waals surface area (Å²) in [6, 6.07) is 12.7. The number of anilines is 1. The Hall–Kier alpha value is -2.24. The first-order valence-electron chi connectivity index (χ1n) is 8.51. The van der Waals surface area contributed by atoms with E-state index in [4.69, 9.17) is 21.1 Å². The molecule has 0 spiro atoms. The normalized spacial score (nSPS) is 11.9. The lowest BCUT2D eigenvalue weighted by atomic mass is 10.1. The first-order valence-corrected chi connectivity index (χ1v) is 8.88. The molecule has 2 aromatic rings. The molecule has 2 rings (SSSR count). The predicted molar refractivity (Wildman–Crippen MR) is 105 cm³/mol. The van der Waals surface area contributed by atoms with Crippen LogP contribution in [0.25, 0.3) is 0 Å². The first-order chi connectivity index (χ1) is 12.4. The third-order valence-electron chi connectivity index (χ3n) is 4.13. The second-order valence-electron chi connectivity index (χ2n) is 6.00. The van der Waals surface area contributed by atoms with E-state index in [1.165, 1.54) is 0 Å². The Morgan fingerprint density at radius 3 is 2.54 bits per heavy atom. The summed E-state index contributed by atoms with van der Waals surface area (Å²) in [7, 11) is 3.47. The fraction of sp³-hybridized carbons (Fsp3) is 0.350. The predicted octanol–water partition coefficient (Wildman–Crippen LogP) is 4.21. The zero-order valence-electron chi connectivity index (χ0n) is 15.6. The molecule has 26 heavy (non-hydrogen) atoms. The van der Waals surface area contributed by atoms with Crippen LogP contribution in [0.3, 0.4) is 0 Å². The Bertz CT molecular complexity index is 734. The summed E-state index contributed by atoms with van der Waals surface area (Å²) in [4.78, 5) is 14.6. The molecule has 1 N–H and O–H groups in total. The summed E-state index contributed by atoms with van der Waals surface area (Å²) < 4.78 is 10.7. The minimum absolute atomic E-state index is 0.126. The lowest BCUT2D eigenvalue weighted by molar-refractivity contribution is -0.120. The number of hydrogen-bond acceptors (Lipinski definition) is 4. The molecule has 0 aromatic heterocycles. The molecule has 140 valence electrons. The van der Waals surface area contributed by atoms with Gasteiger partial charge in [0.1, 0.15) is 11.5 Å². The highest BCUT2D eigenvalue weighted by Gasteiger charge is 2.19. The van der Waals surface area contributed by atoms with E-state index in [0.29, 0.717) is 29.6 Å². The monoisotopic (exact) mass is 376 g/mol. The van der Waals surface area contributed by atoms with Crippen molar-refractivity contribution < 1.29 is 14.3 Å². The van der Waals surface area contributed by atoms with Gasteiger partial charge in [-0.1, -0.05) is 23.7 Å². The van der Waals surface area contributed by atoms with Crippen molar-refractivity contribution in [2.24, 2.45) is 0 Å². The third kappa shape index (κ3) is 5.38. The summed E-state index contributed by atoms with van der Waals surface area (Å²) in [6.45, 7) is 5.11. The Labute approximate surface area is 159 Å². The summed E-state index contributed by atoms with van der Waals surface area (Å²) in [5.41, 5.74) is 1.67. The molecule has 0 saturated carbocycles. The van der Waals surface area contributed by atoms with Crippen molar-refractivity contribution in [3.8, 4) is 11.5 Å². The molecule has 1 unspecified atom stereocenters. The Balaban J connectivity index is 1.99. The molecule has 2 aromatic carbocycles. The molecular weight excluding hydrogens is 352 g/mol. The molecular formula is C20H25ClN2O3. The van der Waals surface area contributed by atoms with E-state index in [0.717, 1.165) is 11.3 Å². The van der Waals surface area contributed by atoms with Crippen LogP contribution >= 0.6 is 11.6 Å². The zero-order valence-corrected chi connectivity index (χ0v) is 16.3. The Morgan fingerprint density at radius 1 is 1.23 bits per heavy atom. The second kappa shape index (κ2) is 9.46. The first kappa shape index (κ1) is 20.1. The third-order valence-corrected chi connectivity index (χ3v) is 4.36. The van der Waals surface area contributed by atoms with Crippen molar-refractivity contribution >= 4 is 23.2 Å². The molecule has 0 aliphatic carbocycles. The van der Waals surface area contributed by atoms with Crippen LogP contribution in [-0.2, 0) is 11.3 Å². The number of ether oxygens (including phenoxy) is 2. The van der Waals surface area contributed by atoms with Gasteiger partial charge in [0.15, 0.2) is 0 Å². The number of hydrogen-bond donors (Lipinski definition) is 1. The van der Waals surface area contributed by atoms with Crippen molar-refractivity contribution in [1.82, 2.24) is 4.90 Å². The highest BCUT2D eigenvalue weighted by molar-refractivity contribution is 6.31. The molecule has 0 fully saturated rings. The van der Waals surface area contributed by atoms with Gasteiger partial charge in [0.2, 0.25) is 5.91 Å². The van der Waals surface area contributed by atoms with E-state index in [-0.39, 0.29) is 11.9 Å².